The third-order valence-corrected chi connectivity index (χ3v) is 2.30. The summed E-state index contributed by atoms with van der Waals surface area (Å²) in [5.41, 5.74) is 1.01. The Morgan fingerprint density at radius 3 is 2.75 bits per heavy atom. The van der Waals surface area contributed by atoms with E-state index in [1.54, 1.807) is 12.1 Å². The minimum absolute atomic E-state index is 0.166. The predicted molar refractivity (Wildman–Crippen MR) is 64.1 cm³/mol. The summed E-state index contributed by atoms with van der Waals surface area (Å²) < 4.78 is 13.4. The molecule has 1 amide bonds. The lowest BCUT2D eigenvalue weighted by Crippen LogP contribution is -2.15. The molecule has 4 heteroatoms. The summed E-state index contributed by atoms with van der Waals surface area (Å²) in [4.78, 5) is 10.9. The van der Waals surface area contributed by atoms with Crippen LogP contribution in [-0.2, 0) is 4.79 Å². The Morgan fingerprint density at radius 2 is 2.19 bits per heavy atom. The van der Waals surface area contributed by atoms with Gasteiger partial charge in [-0.15, -0.1) is 0 Å². The second-order valence-corrected chi connectivity index (χ2v) is 3.83. The van der Waals surface area contributed by atoms with Crippen LogP contribution in [0.25, 0.3) is 0 Å². The van der Waals surface area contributed by atoms with E-state index in [1.807, 2.05) is 13.8 Å². The lowest BCUT2D eigenvalue weighted by molar-refractivity contribution is -0.114. The van der Waals surface area contributed by atoms with Gasteiger partial charge in [0, 0.05) is 18.7 Å². The van der Waals surface area contributed by atoms with Crippen LogP contribution < -0.4 is 10.6 Å². The van der Waals surface area contributed by atoms with E-state index < -0.39 is 0 Å². The monoisotopic (exact) mass is 224 g/mol. The summed E-state index contributed by atoms with van der Waals surface area (Å²) >= 11 is 0. The van der Waals surface area contributed by atoms with E-state index in [9.17, 15) is 9.18 Å². The third kappa shape index (κ3) is 3.53. The number of anilines is 2. The van der Waals surface area contributed by atoms with Crippen LogP contribution in [0.2, 0.25) is 0 Å². The molecule has 0 bridgehead atoms. The largest absolute Gasteiger partial charge is 0.380 e. The Kier molecular flexibility index (Phi) is 4.28. The van der Waals surface area contributed by atoms with Crippen LogP contribution >= 0.6 is 0 Å². The summed E-state index contributed by atoms with van der Waals surface area (Å²) in [7, 11) is 0. The Balaban J connectivity index is 2.85. The van der Waals surface area contributed by atoms with Gasteiger partial charge in [-0.3, -0.25) is 4.79 Å². The summed E-state index contributed by atoms with van der Waals surface area (Å²) in [6, 6.07) is 4.68. The standard InChI is InChI=1S/C12H17FN2O/c1-4-8(2)14-12-7-10(15-9(3)16)5-6-11(12)13/h5-8,14H,4H2,1-3H3,(H,15,16). The molecule has 1 atom stereocenters. The smallest absolute Gasteiger partial charge is 0.221 e. The van der Waals surface area contributed by atoms with Crippen molar-refractivity contribution >= 4 is 17.3 Å². The number of nitrogens with one attached hydrogen (secondary N) is 2. The van der Waals surface area contributed by atoms with Gasteiger partial charge in [0.15, 0.2) is 0 Å². The Hall–Kier alpha value is -1.58. The highest BCUT2D eigenvalue weighted by Crippen LogP contribution is 2.20. The van der Waals surface area contributed by atoms with Crippen LogP contribution in [0.15, 0.2) is 18.2 Å². The van der Waals surface area contributed by atoms with E-state index >= 15 is 0 Å². The maximum absolute atomic E-state index is 13.4. The molecular weight excluding hydrogens is 207 g/mol. The van der Waals surface area contributed by atoms with Crippen molar-refractivity contribution in [3.63, 3.8) is 0 Å². The lowest BCUT2D eigenvalue weighted by atomic mass is 10.2. The molecule has 1 aromatic carbocycles. The maximum atomic E-state index is 13.4. The molecule has 0 radical (unpaired) electrons. The van der Waals surface area contributed by atoms with Gasteiger partial charge >= 0.3 is 0 Å². The number of halogens is 1. The molecular formula is C12H17FN2O. The van der Waals surface area contributed by atoms with Gasteiger partial charge in [0.25, 0.3) is 0 Å². The highest BCUT2D eigenvalue weighted by molar-refractivity contribution is 5.89. The van der Waals surface area contributed by atoms with Crippen molar-refractivity contribution in [1.29, 1.82) is 0 Å². The second-order valence-electron chi connectivity index (χ2n) is 3.83. The number of carbonyl (C=O) groups is 1. The highest BCUT2D eigenvalue weighted by atomic mass is 19.1. The van der Waals surface area contributed by atoms with Crippen LogP contribution in [0.3, 0.4) is 0 Å². The van der Waals surface area contributed by atoms with Crippen LogP contribution in [0.5, 0.6) is 0 Å². The molecule has 0 saturated carbocycles. The number of carbonyl (C=O) groups excluding carboxylic acids is 1. The van der Waals surface area contributed by atoms with Crippen LogP contribution in [0, 0.1) is 5.82 Å². The van der Waals surface area contributed by atoms with Crippen LogP contribution in [-0.4, -0.2) is 11.9 Å². The molecule has 0 fully saturated rings. The number of hydrogen-bond donors (Lipinski definition) is 2. The van der Waals surface area contributed by atoms with E-state index in [0.29, 0.717) is 11.4 Å². The minimum Gasteiger partial charge on any atom is -0.380 e. The second kappa shape index (κ2) is 5.49. The lowest BCUT2D eigenvalue weighted by Gasteiger charge is -2.14. The molecule has 0 saturated heterocycles. The van der Waals surface area contributed by atoms with E-state index in [2.05, 4.69) is 10.6 Å². The van der Waals surface area contributed by atoms with Gasteiger partial charge in [0.1, 0.15) is 5.82 Å². The van der Waals surface area contributed by atoms with E-state index in [4.69, 9.17) is 0 Å². The molecule has 0 aromatic heterocycles. The zero-order chi connectivity index (χ0) is 12.1. The van der Waals surface area contributed by atoms with Gasteiger partial charge < -0.3 is 10.6 Å². The number of rotatable bonds is 4. The Labute approximate surface area is 95.0 Å². The molecule has 16 heavy (non-hydrogen) atoms. The average Bonchev–Trinajstić information content (AvgIpc) is 2.22. The molecule has 0 heterocycles. The first-order chi connectivity index (χ1) is 7.52. The van der Waals surface area contributed by atoms with E-state index in [1.165, 1.54) is 13.0 Å². The Morgan fingerprint density at radius 1 is 1.50 bits per heavy atom. The predicted octanol–water partition coefficient (Wildman–Crippen LogP) is 2.99. The fourth-order valence-corrected chi connectivity index (χ4v) is 1.28. The molecule has 88 valence electrons. The van der Waals surface area contributed by atoms with Crippen molar-refractivity contribution in [1.82, 2.24) is 0 Å². The summed E-state index contributed by atoms with van der Waals surface area (Å²) in [6.07, 6.45) is 0.907. The molecule has 0 aliphatic heterocycles. The molecule has 1 aromatic rings. The summed E-state index contributed by atoms with van der Waals surface area (Å²) in [6.45, 7) is 5.42. The molecule has 1 unspecified atom stereocenters. The molecule has 0 aliphatic carbocycles. The fraction of sp³-hybridized carbons (Fsp3) is 0.417. The van der Waals surface area contributed by atoms with Crippen molar-refractivity contribution in [3.05, 3.63) is 24.0 Å². The molecule has 2 N–H and O–H groups in total. The van der Waals surface area contributed by atoms with Gasteiger partial charge in [-0.1, -0.05) is 6.92 Å². The maximum Gasteiger partial charge on any atom is 0.221 e. The quantitative estimate of drug-likeness (QED) is 0.825. The zero-order valence-electron chi connectivity index (χ0n) is 9.80. The van der Waals surface area contributed by atoms with Gasteiger partial charge in [0.05, 0.1) is 5.69 Å². The van der Waals surface area contributed by atoms with Crippen molar-refractivity contribution < 1.29 is 9.18 Å². The Bertz CT molecular complexity index is 379. The van der Waals surface area contributed by atoms with Crippen molar-refractivity contribution in [2.24, 2.45) is 0 Å². The molecule has 0 spiro atoms. The SMILES string of the molecule is CCC(C)Nc1cc(NC(C)=O)ccc1F. The zero-order valence-corrected chi connectivity index (χ0v) is 9.80. The van der Waals surface area contributed by atoms with Gasteiger partial charge in [-0.25, -0.2) is 4.39 Å². The van der Waals surface area contributed by atoms with Crippen LogP contribution in [0.1, 0.15) is 27.2 Å². The van der Waals surface area contributed by atoms with E-state index in [0.717, 1.165) is 6.42 Å². The van der Waals surface area contributed by atoms with Crippen molar-refractivity contribution in [2.45, 2.75) is 33.2 Å². The first kappa shape index (κ1) is 12.5. The van der Waals surface area contributed by atoms with Crippen LogP contribution in [0.4, 0.5) is 15.8 Å². The topological polar surface area (TPSA) is 41.1 Å². The first-order valence-electron chi connectivity index (χ1n) is 5.36. The third-order valence-electron chi connectivity index (χ3n) is 2.30. The average molecular weight is 224 g/mol. The summed E-state index contributed by atoms with van der Waals surface area (Å²) in [5, 5.41) is 5.67. The molecule has 3 nitrogen and oxygen atoms in total. The first-order valence-corrected chi connectivity index (χ1v) is 5.36. The van der Waals surface area contributed by atoms with Gasteiger partial charge in [-0.2, -0.15) is 0 Å². The van der Waals surface area contributed by atoms with Crippen molar-refractivity contribution in [3.8, 4) is 0 Å². The van der Waals surface area contributed by atoms with Gasteiger partial charge in [0.2, 0.25) is 5.91 Å². The number of amides is 1. The summed E-state index contributed by atoms with van der Waals surface area (Å²) in [5.74, 6) is -0.476. The van der Waals surface area contributed by atoms with E-state index in [-0.39, 0.29) is 17.8 Å². The molecule has 0 aliphatic rings. The number of benzene rings is 1. The number of hydrogen-bond acceptors (Lipinski definition) is 2. The van der Waals surface area contributed by atoms with Gasteiger partial charge in [-0.05, 0) is 31.5 Å². The highest BCUT2D eigenvalue weighted by Gasteiger charge is 2.06. The fourth-order valence-electron chi connectivity index (χ4n) is 1.28. The van der Waals surface area contributed by atoms with Crippen molar-refractivity contribution in [2.75, 3.05) is 10.6 Å². The normalized spacial score (nSPS) is 12.0. The molecule has 1 rings (SSSR count). The minimum atomic E-state index is -0.311.